The zero-order chi connectivity index (χ0) is 18.3. The van der Waals surface area contributed by atoms with Gasteiger partial charge in [0.2, 0.25) is 0 Å². The van der Waals surface area contributed by atoms with Crippen molar-refractivity contribution in [2.24, 2.45) is 0 Å². The lowest BCUT2D eigenvalue weighted by atomic mass is 9.85. The lowest BCUT2D eigenvalue weighted by Gasteiger charge is -2.54. The summed E-state index contributed by atoms with van der Waals surface area (Å²) in [5.74, 6) is 0. The molecule has 0 bridgehead atoms. The van der Waals surface area contributed by atoms with Crippen molar-refractivity contribution in [2.75, 3.05) is 0 Å². The van der Waals surface area contributed by atoms with Crippen LogP contribution in [0, 0.1) is 13.8 Å². The van der Waals surface area contributed by atoms with Gasteiger partial charge in [-0.15, -0.1) is 0 Å². The maximum atomic E-state index is 2.52. The molecule has 0 radical (unpaired) electrons. The zero-order valence-electron chi connectivity index (χ0n) is 17.1. The highest BCUT2D eigenvalue weighted by molar-refractivity contribution is 7.63. The normalized spacial score (nSPS) is 22.0. The van der Waals surface area contributed by atoms with Crippen LogP contribution in [0.3, 0.4) is 0 Å². The van der Waals surface area contributed by atoms with E-state index in [4.69, 9.17) is 0 Å². The Morgan fingerprint density at radius 1 is 0.958 bits per heavy atom. The Labute approximate surface area is 151 Å². The van der Waals surface area contributed by atoms with E-state index in [0.29, 0.717) is 10.3 Å². The molecule has 0 saturated carbocycles. The predicted octanol–water partition coefficient (Wildman–Crippen LogP) is 7.48. The minimum atomic E-state index is -0.245. The minimum Gasteiger partial charge on any atom is -0.0847 e. The van der Waals surface area contributed by atoms with Gasteiger partial charge in [0.1, 0.15) is 0 Å². The molecule has 0 amide bonds. The van der Waals surface area contributed by atoms with E-state index in [1.165, 1.54) is 16.7 Å². The van der Waals surface area contributed by atoms with Crippen LogP contribution in [0.5, 0.6) is 0 Å². The van der Waals surface area contributed by atoms with Crippen molar-refractivity contribution in [2.45, 2.75) is 84.2 Å². The van der Waals surface area contributed by atoms with Crippen molar-refractivity contribution < 1.29 is 0 Å². The Kier molecular flexibility index (Phi) is 5.23. The fraction of sp³-hybridized carbons (Fsp3) is 0.565. The molecule has 0 fully saturated rings. The van der Waals surface area contributed by atoms with Gasteiger partial charge in [-0.05, 0) is 47.3 Å². The van der Waals surface area contributed by atoms with Crippen molar-refractivity contribution in [3.05, 3.63) is 53.1 Å². The van der Waals surface area contributed by atoms with Crippen LogP contribution in [-0.4, -0.2) is 15.5 Å². The smallest absolute Gasteiger partial charge is 0.0176 e. The molecule has 1 heteroatoms. The highest BCUT2D eigenvalue weighted by Crippen LogP contribution is 2.72. The first-order valence-corrected chi connectivity index (χ1v) is 10.5. The predicted molar refractivity (Wildman–Crippen MR) is 112 cm³/mol. The molecule has 2 rings (SSSR count). The zero-order valence-corrected chi connectivity index (χ0v) is 18.0. The molecule has 1 atom stereocenters. The topological polar surface area (TPSA) is 0 Å². The molecule has 24 heavy (non-hydrogen) atoms. The van der Waals surface area contributed by atoms with E-state index < -0.39 is 0 Å². The molecule has 1 aromatic carbocycles. The summed E-state index contributed by atoms with van der Waals surface area (Å²) in [5, 5.41) is 0.830. The van der Waals surface area contributed by atoms with Crippen molar-refractivity contribution in [1.29, 1.82) is 0 Å². The monoisotopic (exact) mass is 342 g/mol. The summed E-state index contributed by atoms with van der Waals surface area (Å²) in [5.41, 5.74) is 5.73. The summed E-state index contributed by atoms with van der Waals surface area (Å²) >= 11 is 0. The Hall–Kier alpha value is -0.870. The van der Waals surface area contributed by atoms with Gasteiger partial charge in [0.25, 0.3) is 0 Å². The summed E-state index contributed by atoms with van der Waals surface area (Å²) < 4.78 is 0. The van der Waals surface area contributed by atoms with Gasteiger partial charge < -0.3 is 0 Å². The van der Waals surface area contributed by atoms with E-state index in [2.05, 4.69) is 98.7 Å². The SMILES string of the molecule is Cc1ccc(C2=CC=CC[C@@]2(C)P(C(C)(C)C)C(C)(C)C)c(C)c1. The maximum Gasteiger partial charge on any atom is 0.0176 e. The van der Waals surface area contributed by atoms with Crippen LogP contribution in [0.1, 0.15) is 71.6 Å². The van der Waals surface area contributed by atoms with Crippen LogP contribution < -0.4 is 0 Å². The molecular formula is C23H35P. The van der Waals surface area contributed by atoms with Gasteiger partial charge in [0.05, 0.1) is 0 Å². The molecule has 0 aliphatic heterocycles. The van der Waals surface area contributed by atoms with Crippen molar-refractivity contribution in [3.8, 4) is 0 Å². The van der Waals surface area contributed by atoms with Crippen LogP contribution >= 0.6 is 7.92 Å². The lowest BCUT2D eigenvalue weighted by Crippen LogP contribution is -2.40. The summed E-state index contributed by atoms with van der Waals surface area (Å²) in [6.07, 6.45) is 8.16. The van der Waals surface area contributed by atoms with Crippen molar-refractivity contribution >= 4 is 13.5 Å². The molecular weight excluding hydrogens is 307 g/mol. The first-order chi connectivity index (χ1) is 10.9. The molecule has 1 aliphatic carbocycles. The molecule has 0 saturated heterocycles. The van der Waals surface area contributed by atoms with E-state index in [1.807, 2.05) is 0 Å². The number of rotatable bonds is 2. The molecule has 0 aromatic heterocycles. The number of benzene rings is 1. The van der Waals surface area contributed by atoms with Crippen LogP contribution in [-0.2, 0) is 0 Å². The first kappa shape index (κ1) is 19.5. The second-order valence-corrected chi connectivity index (χ2v) is 13.8. The number of hydrogen-bond donors (Lipinski definition) is 0. The third kappa shape index (κ3) is 3.70. The molecule has 0 spiro atoms. The Bertz CT molecular complexity index is 650. The summed E-state index contributed by atoms with van der Waals surface area (Å²) in [6.45, 7) is 21.6. The number of hydrogen-bond acceptors (Lipinski definition) is 0. The fourth-order valence-electron chi connectivity index (χ4n) is 4.95. The highest BCUT2D eigenvalue weighted by Gasteiger charge is 2.49. The third-order valence-corrected chi connectivity index (χ3v) is 9.10. The second-order valence-electron chi connectivity index (χ2n) is 9.48. The van der Waals surface area contributed by atoms with E-state index in [0.717, 1.165) is 6.42 Å². The summed E-state index contributed by atoms with van der Waals surface area (Å²) in [7, 11) is -0.245. The highest BCUT2D eigenvalue weighted by atomic mass is 31.1. The van der Waals surface area contributed by atoms with E-state index >= 15 is 0 Å². The van der Waals surface area contributed by atoms with E-state index in [1.54, 1.807) is 5.57 Å². The molecule has 1 aromatic rings. The Morgan fingerprint density at radius 2 is 1.54 bits per heavy atom. The molecule has 0 N–H and O–H groups in total. The summed E-state index contributed by atoms with van der Waals surface area (Å²) in [6, 6.07) is 6.93. The van der Waals surface area contributed by atoms with Gasteiger partial charge in [0.15, 0.2) is 0 Å². The maximum absolute atomic E-state index is 2.52. The molecule has 0 unspecified atom stereocenters. The fourth-order valence-corrected chi connectivity index (χ4v) is 10.6. The van der Waals surface area contributed by atoms with Gasteiger partial charge in [-0.2, -0.15) is 0 Å². The molecule has 1 aliphatic rings. The molecule has 0 nitrogen and oxygen atoms in total. The van der Waals surface area contributed by atoms with Gasteiger partial charge >= 0.3 is 0 Å². The molecule has 0 heterocycles. The van der Waals surface area contributed by atoms with Gasteiger partial charge in [-0.1, -0.05) is 98.4 Å². The minimum absolute atomic E-state index is 0.209. The lowest BCUT2D eigenvalue weighted by molar-refractivity contribution is 0.653. The first-order valence-electron chi connectivity index (χ1n) is 9.13. The van der Waals surface area contributed by atoms with Gasteiger partial charge in [-0.25, -0.2) is 0 Å². The average Bonchev–Trinajstić information content (AvgIpc) is 2.36. The van der Waals surface area contributed by atoms with Gasteiger partial charge in [-0.3, -0.25) is 0 Å². The third-order valence-electron chi connectivity index (χ3n) is 5.00. The number of aryl methyl sites for hydroxylation is 2. The van der Waals surface area contributed by atoms with E-state index in [-0.39, 0.29) is 13.1 Å². The van der Waals surface area contributed by atoms with Crippen molar-refractivity contribution in [3.63, 3.8) is 0 Å². The molecule has 132 valence electrons. The van der Waals surface area contributed by atoms with Gasteiger partial charge in [0, 0.05) is 5.16 Å². The van der Waals surface area contributed by atoms with Crippen LogP contribution in [0.15, 0.2) is 36.4 Å². The van der Waals surface area contributed by atoms with Crippen LogP contribution in [0.4, 0.5) is 0 Å². The van der Waals surface area contributed by atoms with Crippen LogP contribution in [0.25, 0.3) is 5.57 Å². The van der Waals surface area contributed by atoms with E-state index in [9.17, 15) is 0 Å². The number of allylic oxidation sites excluding steroid dienone is 4. The quantitative estimate of drug-likeness (QED) is 0.488. The summed E-state index contributed by atoms with van der Waals surface area (Å²) in [4.78, 5) is 0. The standard InChI is InChI=1S/C23H35P/c1-17-13-14-19(18(2)16-17)20-12-10-11-15-23(20,9)24(21(3,4)5)22(6,7)8/h10-14,16H,15H2,1-9H3/t23-/m1/s1. The average molecular weight is 343 g/mol. The Balaban J connectivity index is 2.65. The second kappa shape index (κ2) is 6.45. The Morgan fingerprint density at radius 3 is 2.04 bits per heavy atom. The van der Waals surface area contributed by atoms with Crippen LogP contribution in [0.2, 0.25) is 0 Å². The van der Waals surface area contributed by atoms with Crippen molar-refractivity contribution in [1.82, 2.24) is 0 Å². The largest absolute Gasteiger partial charge is 0.0847 e.